The molecule has 220 valence electrons. The highest BCUT2D eigenvalue weighted by Gasteiger charge is 2.73. The predicted octanol–water partition coefficient (Wildman–Crippen LogP) is 7.58. The van der Waals surface area contributed by atoms with Gasteiger partial charge in [0.2, 0.25) is 0 Å². The highest BCUT2D eigenvalue weighted by molar-refractivity contribution is 9.10. The summed E-state index contributed by atoms with van der Waals surface area (Å²) in [5.74, 6) is -4.65. The number of carbonyl (C=O) groups excluding carboxylic acids is 2. The first-order valence-electron chi connectivity index (χ1n) is 10.5. The van der Waals surface area contributed by atoms with Gasteiger partial charge in [-0.1, -0.05) is 6.07 Å². The summed E-state index contributed by atoms with van der Waals surface area (Å²) < 4.78 is 148. The van der Waals surface area contributed by atoms with Gasteiger partial charge in [-0.05, 0) is 52.3 Å². The van der Waals surface area contributed by atoms with Crippen molar-refractivity contribution in [2.24, 2.45) is 0 Å². The van der Waals surface area contributed by atoms with Crippen molar-refractivity contribution in [1.29, 1.82) is 0 Å². The van der Waals surface area contributed by atoms with Crippen molar-refractivity contribution < 1.29 is 63.1 Å². The Morgan fingerprint density at radius 3 is 2.02 bits per heavy atom. The Kier molecular flexibility index (Phi) is 8.42. The first-order chi connectivity index (χ1) is 18.7. The number of hydrogen-bond donors (Lipinski definition) is 2. The lowest BCUT2D eigenvalue weighted by Crippen LogP contribution is -2.50. The minimum Gasteiger partial charge on any atom is -0.320 e. The molecule has 0 aliphatic carbocycles. The van der Waals surface area contributed by atoms with Crippen LogP contribution in [-0.2, 0) is 11.8 Å². The average Bonchev–Trinajstić information content (AvgIpc) is 2.86. The molecule has 0 aliphatic rings. The summed E-state index contributed by atoms with van der Waals surface area (Å²) in [6, 6.07) is 3.75. The molecule has 0 spiro atoms. The quantitative estimate of drug-likeness (QED) is 0.167. The standard InChI is InChI=1S/C23H11BrF11N3O3/c24-14-8-11(20(26,22(30,31)32)23(33,34)35)7-13(21(27,28)29)17(14)37-18(39)12-4-1-5-15(16(12)25)38(41)19(40)10-3-2-6-36-9-10/h1-9,41H,(H,37,39). The molecule has 18 heteroatoms. The highest BCUT2D eigenvalue weighted by Crippen LogP contribution is 2.55. The van der Waals surface area contributed by atoms with Crippen molar-refractivity contribution >= 4 is 39.1 Å². The molecule has 0 unspecified atom stereocenters. The number of nitrogens with zero attached hydrogens (tertiary/aromatic N) is 2. The molecule has 6 nitrogen and oxygen atoms in total. The largest absolute Gasteiger partial charge is 0.435 e. The topological polar surface area (TPSA) is 82.5 Å². The van der Waals surface area contributed by atoms with Gasteiger partial charge in [0.1, 0.15) is 5.69 Å². The van der Waals surface area contributed by atoms with Crippen molar-refractivity contribution in [3.8, 4) is 0 Å². The Morgan fingerprint density at radius 2 is 1.51 bits per heavy atom. The molecule has 2 amide bonds. The molecule has 3 aromatic rings. The molecule has 0 saturated heterocycles. The van der Waals surface area contributed by atoms with Crippen LogP contribution < -0.4 is 10.4 Å². The second-order valence-corrected chi connectivity index (χ2v) is 8.84. The normalized spacial score (nSPS) is 12.7. The van der Waals surface area contributed by atoms with Crippen LogP contribution in [0.5, 0.6) is 0 Å². The van der Waals surface area contributed by atoms with Gasteiger partial charge in [0.25, 0.3) is 11.8 Å². The third kappa shape index (κ3) is 5.97. The molecule has 1 heterocycles. The third-order valence-corrected chi connectivity index (χ3v) is 5.99. The van der Waals surface area contributed by atoms with Gasteiger partial charge >= 0.3 is 24.2 Å². The van der Waals surface area contributed by atoms with Crippen LogP contribution >= 0.6 is 15.9 Å². The second-order valence-electron chi connectivity index (χ2n) is 7.98. The summed E-state index contributed by atoms with van der Waals surface area (Å²) in [6.45, 7) is 0. The Hall–Kier alpha value is -3.80. The first-order valence-corrected chi connectivity index (χ1v) is 11.3. The Labute approximate surface area is 229 Å². The van der Waals surface area contributed by atoms with E-state index in [1.54, 1.807) is 0 Å². The van der Waals surface area contributed by atoms with Crippen LogP contribution in [-0.4, -0.2) is 34.4 Å². The number of hydrogen-bond acceptors (Lipinski definition) is 4. The zero-order valence-corrected chi connectivity index (χ0v) is 21.0. The molecule has 1 aromatic heterocycles. The second kappa shape index (κ2) is 10.9. The van der Waals surface area contributed by atoms with Crippen LogP contribution in [0.3, 0.4) is 0 Å². The summed E-state index contributed by atoms with van der Waals surface area (Å²) in [6.07, 6.45) is -17.0. The maximum Gasteiger partial charge on any atom is 0.435 e. The van der Waals surface area contributed by atoms with Crippen LogP contribution in [0, 0.1) is 5.82 Å². The average molecular weight is 666 g/mol. The zero-order valence-electron chi connectivity index (χ0n) is 19.4. The molecule has 0 aliphatic heterocycles. The number of pyridine rings is 1. The summed E-state index contributed by atoms with van der Waals surface area (Å²) in [7, 11) is 0. The Bertz CT molecular complexity index is 1460. The fourth-order valence-electron chi connectivity index (χ4n) is 3.40. The number of halogens is 12. The van der Waals surface area contributed by atoms with E-state index < -0.39 is 80.4 Å². The lowest BCUT2D eigenvalue weighted by atomic mass is 9.92. The molecule has 0 bridgehead atoms. The Balaban J connectivity index is 2.08. The number of aromatic nitrogens is 1. The van der Waals surface area contributed by atoms with Gasteiger partial charge in [-0.15, -0.1) is 0 Å². The fourth-order valence-corrected chi connectivity index (χ4v) is 3.96. The number of anilines is 2. The SMILES string of the molecule is O=C(Nc1c(Br)cc(C(F)(C(F)(F)F)C(F)(F)F)cc1C(F)(F)F)c1cccc(N(O)C(=O)c2cccnc2)c1F. The molecule has 2 aromatic carbocycles. The van der Waals surface area contributed by atoms with Crippen molar-refractivity contribution in [2.75, 3.05) is 10.4 Å². The van der Waals surface area contributed by atoms with Crippen molar-refractivity contribution in [2.45, 2.75) is 24.2 Å². The van der Waals surface area contributed by atoms with Crippen LogP contribution in [0.25, 0.3) is 0 Å². The molecule has 0 saturated carbocycles. The van der Waals surface area contributed by atoms with Gasteiger partial charge in [-0.2, -0.15) is 44.6 Å². The fraction of sp³-hybridized carbons (Fsp3) is 0.174. The third-order valence-electron chi connectivity index (χ3n) is 5.37. The lowest BCUT2D eigenvalue weighted by Gasteiger charge is -2.31. The minimum absolute atomic E-state index is 0.246. The minimum atomic E-state index is -6.74. The summed E-state index contributed by atoms with van der Waals surface area (Å²) in [5, 5.41) is 11.4. The van der Waals surface area contributed by atoms with Gasteiger partial charge in [0.05, 0.1) is 22.4 Å². The predicted molar refractivity (Wildman–Crippen MR) is 121 cm³/mol. The lowest BCUT2D eigenvalue weighted by molar-refractivity contribution is -0.348. The van der Waals surface area contributed by atoms with Gasteiger partial charge in [0.15, 0.2) is 5.82 Å². The smallest absolute Gasteiger partial charge is 0.320 e. The first kappa shape index (κ1) is 31.7. The van der Waals surface area contributed by atoms with Gasteiger partial charge < -0.3 is 5.32 Å². The monoisotopic (exact) mass is 665 g/mol. The number of benzene rings is 2. The maximum atomic E-state index is 15.1. The van der Waals surface area contributed by atoms with E-state index >= 15 is 4.39 Å². The number of hydroxylamine groups is 1. The molecule has 2 N–H and O–H groups in total. The van der Waals surface area contributed by atoms with E-state index in [4.69, 9.17) is 0 Å². The Morgan fingerprint density at radius 1 is 0.902 bits per heavy atom. The molecule has 0 atom stereocenters. The van der Waals surface area contributed by atoms with Gasteiger partial charge in [-0.3, -0.25) is 19.8 Å². The number of amides is 2. The van der Waals surface area contributed by atoms with Crippen molar-refractivity contribution in [3.05, 3.63) is 87.4 Å². The molecule has 0 fully saturated rings. The van der Waals surface area contributed by atoms with Crippen LogP contribution in [0.15, 0.2) is 59.3 Å². The van der Waals surface area contributed by atoms with Gasteiger partial charge in [-0.25, -0.2) is 8.78 Å². The van der Waals surface area contributed by atoms with E-state index in [1.165, 1.54) is 23.6 Å². The number of rotatable bonds is 5. The molecule has 3 rings (SSSR count). The van der Waals surface area contributed by atoms with Crippen molar-refractivity contribution in [1.82, 2.24) is 4.98 Å². The molecular weight excluding hydrogens is 655 g/mol. The van der Waals surface area contributed by atoms with E-state index in [0.29, 0.717) is 6.07 Å². The number of nitrogens with one attached hydrogen (secondary N) is 1. The van der Waals surface area contributed by atoms with E-state index in [1.807, 2.05) is 0 Å². The van der Waals surface area contributed by atoms with E-state index in [9.17, 15) is 58.7 Å². The molecule has 41 heavy (non-hydrogen) atoms. The summed E-state index contributed by atoms with van der Waals surface area (Å²) >= 11 is 2.31. The zero-order chi connectivity index (χ0) is 31.1. The number of alkyl halides is 10. The molecule has 0 radical (unpaired) electrons. The van der Waals surface area contributed by atoms with Crippen LogP contribution in [0.4, 0.5) is 59.7 Å². The van der Waals surface area contributed by atoms with E-state index in [-0.39, 0.29) is 16.7 Å². The maximum absolute atomic E-state index is 15.1. The van der Waals surface area contributed by atoms with Crippen LogP contribution in [0.1, 0.15) is 31.8 Å². The van der Waals surface area contributed by atoms with E-state index in [0.717, 1.165) is 18.3 Å². The van der Waals surface area contributed by atoms with Crippen LogP contribution in [0.2, 0.25) is 0 Å². The van der Waals surface area contributed by atoms with Crippen molar-refractivity contribution in [3.63, 3.8) is 0 Å². The highest BCUT2D eigenvalue weighted by atomic mass is 79.9. The van der Waals surface area contributed by atoms with Gasteiger partial charge in [0, 0.05) is 22.4 Å². The number of carbonyl (C=O) groups is 2. The molecular formula is C23H11BrF11N3O3. The summed E-state index contributed by atoms with van der Waals surface area (Å²) in [4.78, 5) is 28.7. The van der Waals surface area contributed by atoms with E-state index in [2.05, 4.69) is 20.9 Å². The summed E-state index contributed by atoms with van der Waals surface area (Å²) in [5.41, 5.74) is -14.9.